The van der Waals surface area contributed by atoms with Gasteiger partial charge in [0.05, 0.1) is 5.69 Å². The average molecular weight is 181 g/mol. The molecule has 0 fully saturated rings. The Balaban J connectivity index is 2.57. The first-order chi connectivity index (χ1) is 6.92. The first kappa shape index (κ1) is 8.70. The quantitative estimate of drug-likeness (QED) is 0.692. The van der Waals surface area contributed by atoms with Gasteiger partial charge in [0.1, 0.15) is 0 Å². The van der Waals surface area contributed by atoms with Crippen LogP contribution in [-0.2, 0) is 0 Å². The van der Waals surface area contributed by atoms with Crippen LogP contribution in [0.5, 0.6) is 0 Å². The third-order valence-electron chi connectivity index (χ3n) is 2.12. The predicted molar refractivity (Wildman–Crippen MR) is 59.8 cm³/mol. The van der Waals surface area contributed by atoms with Crippen molar-refractivity contribution in [3.63, 3.8) is 0 Å². The van der Waals surface area contributed by atoms with Gasteiger partial charge in [-0.05, 0) is 17.7 Å². The lowest BCUT2D eigenvalue weighted by atomic mass is 10.0. The van der Waals surface area contributed by atoms with Crippen LogP contribution in [0.4, 0.5) is 0 Å². The normalized spacial score (nSPS) is 9.71. The zero-order valence-corrected chi connectivity index (χ0v) is 7.85. The van der Waals surface area contributed by atoms with Crippen molar-refractivity contribution in [3.8, 4) is 11.3 Å². The van der Waals surface area contributed by atoms with Gasteiger partial charge in [0, 0.05) is 11.8 Å². The first-order valence-electron chi connectivity index (χ1n) is 4.54. The molecule has 0 atom stereocenters. The number of rotatable bonds is 2. The van der Waals surface area contributed by atoms with E-state index in [1.807, 2.05) is 42.5 Å². The van der Waals surface area contributed by atoms with E-state index in [1.54, 1.807) is 6.20 Å². The summed E-state index contributed by atoms with van der Waals surface area (Å²) in [5.41, 5.74) is 3.23. The Morgan fingerprint density at radius 3 is 2.50 bits per heavy atom. The lowest BCUT2D eigenvalue weighted by Crippen LogP contribution is -1.84. The van der Waals surface area contributed by atoms with E-state index in [0.717, 1.165) is 16.8 Å². The van der Waals surface area contributed by atoms with Crippen LogP contribution in [0.25, 0.3) is 17.3 Å². The van der Waals surface area contributed by atoms with Crippen LogP contribution in [0.3, 0.4) is 0 Å². The van der Waals surface area contributed by atoms with Crippen LogP contribution in [0, 0.1) is 0 Å². The maximum absolute atomic E-state index is 4.31. The Hall–Kier alpha value is -1.89. The molecule has 0 unspecified atom stereocenters. The summed E-state index contributed by atoms with van der Waals surface area (Å²) in [5.74, 6) is 0. The largest absolute Gasteiger partial charge is 0.256 e. The second kappa shape index (κ2) is 3.88. The van der Waals surface area contributed by atoms with Crippen molar-refractivity contribution in [1.82, 2.24) is 4.98 Å². The zero-order chi connectivity index (χ0) is 9.80. The number of nitrogens with zero attached hydrogens (tertiary/aromatic N) is 1. The van der Waals surface area contributed by atoms with Crippen LogP contribution in [0.1, 0.15) is 5.56 Å². The minimum Gasteiger partial charge on any atom is -0.256 e. The van der Waals surface area contributed by atoms with Gasteiger partial charge in [-0.3, -0.25) is 4.98 Å². The Kier molecular flexibility index (Phi) is 2.41. The van der Waals surface area contributed by atoms with Crippen molar-refractivity contribution in [2.24, 2.45) is 0 Å². The summed E-state index contributed by atoms with van der Waals surface area (Å²) in [6, 6.07) is 14.0. The molecule has 0 aliphatic carbocycles. The van der Waals surface area contributed by atoms with Crippen LogP contribution in [-0.4, -0.2) is 4.98 Å². The molecule has 1 heteroatoms. The van der Waals surface area contributed by atoms with Gasteiger partial charge in [-0.25, -0.2) is 0 Å². The maximum Gasteiger partial charge on any atom is 0.0707 e. The second-order valence-electron chi connectivity index (χ2n) is 3.01. The van der Waals surface area contributed by atoms with Crippen LogP contribution >= 0.6 is 0 Å². The average Bonchev–Trinajstić information content (AvgIpc) is 2.30. The third kappa shape index (κ3) is 1.57. The summed E-state index contributed by atoms with van der Waals surface area (Å²) in [7, 11) is 0. The number of pyridine rings is 1. The first-order valence-corrected chi connectivity index (χ1v) is 4.54. The summed E-state index contributed by atoms with van der Waals surface area (Å²) in [6.45, 7) is 3.79. The van der Waals surface area contributed by atoms with Gasteiger partial charge in [0.15, 0.2) is 0 Å². The van der Waals surface area contributed by atoms with E-state index in [2.05, 4.69) is 17.6 Å². The summed E-state index contributed by atoms with van der Waals surface area (Å²) in [5, 5.41) is 0. The zero-order valence-electron chi connectivity index (χ0n) is 7.85. The van der Waals surface area contributed by atoms with Gasteiger partial charge in [-0.1, -0.05) is 43.0 Å². The minimum absolute atomic E-state index is 0.989. The number of aromatic nitrogens is 1. The fourth-order valence-electron chi connectivity index (χ4n) is 1.43. The van der Waals surface area contributed by atoms with Gasteiger partial charge >= 0.3 is 0 Å². The van der Waals surface area contributed by atoms with Crippen LogP contribution < -0.4 is 0 Å². The topological polar surface area (TPSA) is 12.9 Å². The highest BCUT2D eigenvalue weighted by molar-refractivity contribution is 5.71. The van der Waals surface area contributed by atoms with Crippen molar-refractivity contribution in [2.75, 3.05) is 0 Å². The lowest BCUT2D eigenvalue weighted by Gasteiger charge is -2.03. The molecule has 0 aliphatic rings. The van der Waals surface area contributed by atoms with Gasteiger partial charge < -0.3 is 0 Å². The van der Waals surface area contributed by atoms with E-state index in [1.165, 1.54) is 0 Å². The smallest absolute Gasteiger partial charge is 0.0707 e. The van der Waals surface area contributed by atoms with E-state index >= 15 is 0 Å². The molecule has 0 aliphatic heterocycles. The highest BCUT2D eigenvalue weighted by Gasteiger charge is 2.00. The number of hydrogen-bond donors (Lipinski definition) is 0. The molecule has 1 heterocycles. The minimum atomic E-state index is 0.989. The molecule has 2 rings (SSSR count). The molecule has 1 aromatic heterocycles. The fraction of sp³-hybridized carbons (Fsp3) is 0. The second-order valence-corrected chi connectivity index (χ2v) is 3.01. The monoisotopic (exact) mass is 181 g/mol. The van der Waals surface area contributed by atoms with Crippen molar-refractivity contribution in [1.29, 1.82) is 0 Å². The summed E-state index contributed by atoms with van der Waals surface area (Å²) in [6.07, 6.45) is 3.65. The van der Waals surface area contributed by atoms with Crippen molar-refractivity contribution < 1.29 is 0 Å². The molecule has 0 spiro atoms. The summed E-state index contributed by atoms with van der Waals surface area (Å²) >= 11 is 0. The van der Waals surface area contributed by atoms with Gasteiger partial charge in [-0.2, -0.15) is 0 Å². The number of hydrogen-bond acceptors (Lipinski definition) is 1. The van der Waals surface area contributed by atoms with Crippen LogP contribution in [0.15, 0.2) is 55.2 Å². The molecule has 0 bridgehead atoms. The molecule has 1 aromatic carbocycles. The molecule has 68 valence electrons. The van der Waals surface area contributed by atoms with E-state index < -0.39 is 0 Å². The molecule has 0 saturated carbocycles. The SMILES string of the molecule is C=Cc1ccccc1-c1ccccn1. The van der Waals surface area contributed by atoms with Gasteiger partial charge in [0.2, 0.25) is 0 Å². The number of benzene rings is 1. The van der Waals surface area contributed by atoms with Crippen LogP contribution in [0.2, 0.25) is 0 Å². The molecule has 0 amide bonds. The van der Waals surface area contributed by atoms with Gasteiger partial charge in [-0.15, -0.1) is 0 Å². The highest BCUT2D eigenvalue weighted by atomic mass is 14.7. The lowest BCUT2D eigenvalue weighted by molar-refractivity contribution is 1.32. The molecule has 2 aromatic rings. The molecule has 0 N–H and O–H groups in total. The molecular weight excluding hydrogens is 170 g/mol. The van der Waals surface area contributed by atoms with Gasteiger partial charge in [0.25, 0.3) is 0 Å². The Bertz CT molecular complexity index is 432. The maximum atomic E-state index is 4.31. The molecular formula is C13H11N. The highest BCUT2D eigenvalue weighted by Crippen LogP contribution is 2.21. The van der Waals surface area contributed by atoms with E-state index in [9.17, 15) is 0 Å². The molecule has 1 nitrogen and oxygen atoms in total. The fourth-order valence-corrected chi connectivity index (χ4v) is 1.43. The van der Waals surface area contributed by atoms with Crippen molar-refractivity contribution in [2.45, 2.75) is 0 Å². The Morgan fingerprint density at radius 2 is 1.79 bits per heavy atom. The van der Waals surface area contributed by atoms with E-state index in [0.29, 0.717) is 0 Å². The van der Waals surface area contributed by atoms with Crippen molar-refractivity contribution >= 4 is 6.08 Å². The Labute approximate surface area is 83.7 Å². The predicted octanol–water partition coefficient (Wildman–Crippen LogP) is 3.39. The summed E-state index contributed by atoms with van der Waals surface area (Å²) < 4.78 is 0. The molecule has 0 saturated heterocycles. The standard InChI is InChI=1S/C13H11N/c1-2-11-7-3-4-8-12(11)13-9-5-6-10-14-13/h2-10H,1H2. The van der Waals surface area contributed by atoms with Crippen molar-refractivity contribution in [3.05, 3.63) is 60.8 Å². The summed E-state index contributed by atoms with van der Waals surface area (Å²) in [4.78, 5) is 4.31. The Morgan fingerprint density at radius 1 is 1.00 bits per heavy atom. The third-order valence-corrected chi connectivity index (χ3v) is 2.12. The van der Waals surface area contributed by atoms with E-state index in [-0.39, 0.29) is 0 Å². The molecule has 14 heavy (non-hydrogen) atoms. The molecule has 0 radical (unpaired) electrons. The van der Waals surface area contributed by atoms with E-state index in [4.69, 9.17) is 0 Å².